The summed E-state index contributed by atoms with van der Waals surface area (Å²) in [6.07, 6.45) is 9.46. The number of hydrogen-bond acceptors (Lipinski definition) is 1. The van der Waals surface area contributed by atoms with Gasteiger partial charge in [0.2, 0.25) is 0 Å². The van der Waals surface area contributed by atoms with Gasteiger partial charge in [-0.2, -0.15) is 0 Å². The summed E-state index contributed by atoms with van der Waals surface area (Å²) in [6.45, 7) is 2.27. The Morgan fingerprint density at radius 3 is 1.76 bits per heavy atom. The van der Waals surface area contributed by atoms with Gasteiger partial charge >= 0.3 is 6.36 Å². The van der Waals surface area contributed by atoms with Crippen LogP contribution in [-0.2, 0) is 4.74 Å². The second kappa shape index (κ2) is 10.8. The largest absolute Gasteiger partial charge is 0.522 e. The van der Waals surface area contributed by atoms with Crippen LogP contribution in [0.2, 0.25) is 0 Å². The third-order valence-electron chi connectivity index (χ3n) is 8.30. The molecule has 0 N–H and O–H groups in total. The molecule has 0 aromatic carbocycles. The Hall–Kier alpha value is -0.320. The van der Waals surface area contributed by atoms with Gasteiger partial charge in [0, 0.05) is 0 Å². The molecule has 0 aromatic rings. The third-order valence-corrected chi connectivity index (χ3v) is 8.30. The molecule has 5 heteroatoms. The minimum absolute atomic E-state index is 0.202. The molecule has 3 aliphatic carbocycles. The Labute approximate surface area is 174 Å². The molecule has 0 aliphatic heterocycles. The molecule has 3 aliphatic rings. The summed E-state index contributed by atoms with van der Waals surface area (Å²) < 4.78 is 55.5. The van der Waals surface area contributed by atoms with E-state index < -0.39 is 18.6 Å². The molecule has 170 valence electrons. The molecular weight excluding hydrogens is 380 g/mol. The summed E-state index contributed by atoms with van der Waals surface area (Å²) in [7, 11) is 0. The number of unbranched alkanes of at least 4 members (excludes halogenated alkanes) is 2. The smallest absolute Gasteiger partial charge is 0.286 e. The van der Waals surface area contributed by atoms with Crippen molar-refractivity contribution in [3.63, 3.8) is 0 Å². The molecule has 29 heavy (non-hydrogen) atoms. The highest BCUT2D eigenvalue weighted by Crippen LogP contribution is 2.46. The van der Waals surface area contributed by atoms with E-state index in [1.165, 1.54) is 64.2 Å². The second-order valence-corrected chi connectivity index (χ2v) is 10.1. The minimum Gasteiger partial charge on any atom is -0.286 e. The summed E-state index contributed by atoms with van der Waals surface area (Å²) in [5, 5.41) is 0. The van der Waals surface area contributed by atoms with Crippen molar-refractivity contribution in [2.24, 2.45) is 29.6 Å². The Morgan fingerprint density at radius 2 is 1.24 bits per heavy atom. The molecule has 3 saturated carbocycles. The Morgan fingerprint density at radius 1 is 0.724 bits per heavy atom. The van der Waals surface area contributed by atoms with Crippen molar-refractivity contribution in [2.45, 2.75) is 122 Å². The Bertz CT molecular complexity index is 464. The lowest BCUT2D eigenvalue weighted by Gasteiger charge is -2.42. The zero-order valence-electron chi connectivity index (χ0n) is 18.1. The van der Waals surface area contributed by atoms with Crippen LogP contribution < -0.4 is 0 Å². The molecule has 0 bridgehead atoms. The third kappa shape index (κ3) is 7.11. The lowest BCUT2D eigenvalue weighted by atomic mass is 9.65. The van der Waals surface area contributed by atoms with Crippen LogP contribution in [0.15, 0.2) is 0 Å². The van der Waals surface area contributed by atoms with Crippen molar-refractivity contribution in [2.75, 3.05) is 0 Å². The number of hydrogen-bond donors (Lipinski definition) is 0. The fourth-order valence-corrected chi connectivity index (χ4v) is 6.57. The van der Waals surface area contributed by atoms with Crippen LogP contribution in [0.1, 0.15) is 103 Å². The molecule has 0 radical (unpaired) electrons. The number of alkyl halides is 4. The molecule has 1 nitrogen and oxygen atoms in total. The van der Waals surface area contributed by atoms with Gasteiger partial charge in [0.15, 0.2) is 0 Å². The maximum Gasteiger partial charge on any atom is 0.522 e. The highest BCUT2D eigenvalue weighted by Gasteiger charge is 2.42. The summed E-state index contributed by atoms with van der Waals surface area (Å²) >= 11 is 0. The topological polar surface area (TPSA) is 9.23 Å². The molecule has 3 fully saturated rings. The Balaban J connectivity index is 1.36. The highest BCUT2D eigenvalue weighted by molar-refractivity contribution is 4.88. The van der Waals surface area contributed by atoms with Gasteiger partial charge in [-0.15, -0.1) is 13.2 Å². The molecule has 0 aromatic heterocycles. The van der Waals surface area contributed by atoms with E-state index in [0.29, 0.717) is 12.3 Å². The minimum atomic E-state index is -4.73. The van der Waals surface area contributed by atoms with Gasteiger partial charge in [-0.1, -0.05) is 45.4 Å². The van der Waals surface area contributed by atoms with E-state index in [1.54, 1.807) is 0 Å². The fraction of sp³-hybridized carbons (Fsp3) is 1.00. The highest BCUT2D eigenvalue weighted by atomic mass is 19.4. The summed E-state index contributed by atoms with van der Waals surface area (Å²) in [6, 6.07) is 0. The predicted octanol–water partition coefficient (Wildman–Crippen LogP) is 8.22. The summed E-state index contributed by atoms with van der Waals surface area (Å²) in [5.41, 5.74) is 0. The van der Waals surface area contributed by atoms with E-state index in [1.807, 2.05) is 0 Å². The van der Waals surface area contributed by atoms with Crippen LogP contribution in [0.25, 0.3) is 0 Å². The molecule has 0 spiro atoms. The van der Waals surface area contributed by atoms with Gasteiger partial charge in [-0.25, -0.2) is 4.39 Å². The lowest BCUT2D eigenvalue weighted by Crippen LogP contribution is -2.39. The molecule has 0 saturated heterocycles. The van der Waals surface area contributed by atoms with Crippen LogP contribution in [0.4, 0.5) is 17.6 Å². The molecule has 3 unspecified atom stereocenters. The average molecular weight is 421 g/mol. The molecule has 0 amide bonds. The van der Waals surface area contributed by atoms with E-state index >= 15 is 0 Å². The van der Waals surface area contributed by atoms with E-state index in [0.717, 1.165) is 30.6 Å². The van der Waals surface area contributed by atoms with E-state index in [9.17, 15) is 17.6 Å². The predicted molar refractivity (Wildman–Crippen MR) is 108 cm³/mol. The van der Waals surface area contributed by atoms with Gasteiger partial charge < -0.3 is 0 Å². The molecular formula is C24H40F4O. The lowest BCUT2D eigenvalue weighted by molar-refractivity contribution is -0.352. The van der Waals surface area contributed by atoms with Crippen molar-refractivity contribution in [3.05, 3.63) is 0 Å². The van der Waals surface area contributed by atoms with Crippen molar-refractivity contribution >= 4 is 0 Å². The van der Waals surface area contributed by atoms with Crippen molar-refractivity contribution in [1.82, 2.24) is 0 Å². The van der Waals surface area contributed by atoms with E-state index in [4.69, 9.17) is 0 Å². The molecule has 0 heterocycles. The molecule has 3 atom stereocenters. The standard InChI is InChI=1S/C24H40F4O/c1-2-3-4-5-17-6-8-18(9-7-17)19-10-12-20(13-11-19)21-14-15-23(22(25)16-21)29-24(26,27)28/h17-23H,2-16H2,1H3. The first kappa shape index (κ1) is 23.3. The maximum atomic E-state index is 14.3. The van der Waals surface area contributed by atoms with Gasteiger partial charge in [-0.3, -0.25) is 4.74 Å². The number of ether oxygens (including phenoxy) is 1. The normalized spacial score (nSPS) is 39.4. The number of halogens is 4. The van der Waals surface area contributed by atoms with Crippen LogP contribution in [0.5, 0.6) is 0 Å². The number of rotatable bonds is 7. The maximum absolute atomic E-state index is 14.3. The van der Waals surface area contributed by atoms with Crippen molar-refractivity contribution in [1.29, 1.82) is 0 Å². The monoisotopic (exact) mass is 420 g/mol. The molecule has 3 rings (SSSR count). The van der Waals surface area contributed by atoms with Crippen LogP contribution in [0, 0.1) is 29.6 Å². The summed E-state index contributed by atoms with van der Waals surface area (Å²) in [5.74, 6) is 3.40. The Kier molecular flexibility index (Phi) is 8.71. The fourth-order valence-electron chi connectivity index (χ4n) is 6.57. The quantitative estimate of drug-likeness (QED) is 0.298. The SMILES string of the molecule is CCCCCC1CCC(C2CCC(C3CCC(OC(F)(F)F)C(F)C3)CC2)CC1. The first-order valence-electron chi connectivity index (χ1n) is 12.2. The second-order valence-electron chi connectivity index (χ2n) is 10.1. The van der Waals surface area contributed by atoms with Gasteiger partial charge in [-0.05, 0) is 87.4 Å². The zero-order valence-corrected chi connectivity index (χ0v) is 18.1. The van der Waals surface area contributed by atoms with Crippen LogP contribution in [0.3, 0.4) is 0 Å². The van der Waals surface area contributed by atoms with Crippen LogP contribution in [-0.4, -0.2) is 18.6 Å². The van der Waals surface area contributed by atoms with Gasteiger partial charge in [0.25, 0.3) is 0 Å². The van der Waals surface area contributed by atoms with Crippen LogP contribution >= 0.6 is 0 Å². The average Bonchev–Trinajstić information content (AvgIpc) is 2.69. The van der Waals surface area contributed by atoms with Gasteiger partial charge in [0.05, 0.1) is 6.10 Å². The van der Waals surface area contributed by atoms with Crippen molar-refractivity contribution < 1.29 is 22.3 Å². The van der Waals surface area contributed by atoms with E-state index in [-0.39, 0.29) is 18.8 Å². The van der Waals surface area contributed by atoms with Crippen molar-refractivity contribution in [3.8, 4) is 0 Å². The summed E-state index contributed by atoms with van der Waals surface area (Å²) in [4.78, 5) is 0. The van der Waals surface area contributed by atoms with Gasteiger partial charge in [0.1, 0.15) is 6.17 Å². The van der Waals surface area contributed by atoms with E-state index in [2.05, 4.69) is 11.7 Å². The zero-order chi connectivity index (χ0) is 20.9. The first-order valence-corrected chi connectivity index (χ1v) is 12.2. The first-order chi connectivity index (χ1) is 13.9.